The average Bonchev–Trinajstić information content (AvgIpc) is 3.39. The maximum Gasteiger partial charge on any atom is 0.304 e. The van der Waals surface area contributed by atoms with Crippen molar-refractivity contribution in [2.24, 2.45) is 0 Å². The second-order valence-corrected chi connectivity index (χ2v) is 9.95. The van der Waals surface area contributed by atoms with Gasteiger partial charge in [-0.25, -0.2) is 9.37 Å². The fourth-order valence-electron chi connectivity index (χ4n) is 5.52. The van der Waals surface area contributed by atoms with Gasteiger partial charge in [-0.1, -0.05) is 48.5 Å². The quantitative estimate of drug-likeness (QED) is 0.305. The fourth-order valence-corrected chi connectivity index (χ4v) is 5.52. The van der Waals surface area contributed by atoms with E-state index in [0.717, 1.165) is 35.6 Å². The fraction of sp³-hybridized carbons (Fsp3) is 0.194. The summed E-state index contributed by atoms with van der Waals surface area (Å²) < 4.78 is 21.8. The smallest absolute Gasteiger partial charge is 0.304 e. The Morgan fingerprint density at radius 1 is 0.902 bits per heavy atom. The van der Waals surface area contributed by atoms with Crippen LogP contribution in [0.3, 0.4) is 0 Å². The highest BCUT2D eigenvalue weighted by atomic mass is 19.1. The second kappa shape index (κ2) is 9.90. The summed E-state index contributed by atoms with van der Waals surface area (Å²) in [5, 5.41) is 4.74. The van der Waals surface area contributed by atoms with E-state index in [-0.39, 0.29) is 35.3 Å². The number of carbonyl (C=O) groups excluding carboxylic acids is 2. The van der Waals surface area contributed by atoms with E-state index < -0.39 is 0 Å². The van der Waals surface area contributed by atoms with E-state index in [4.69, 9.17) is 14.6 Å². The van der Waals surface area contributed by atoms with Gasteiger partial charge in [-0.15, -0.1) is 4.68 Å². The van der Waals surface area contributed by atoms with Crippen LogP contribution in [0.25, 0.3) is 22.0 Å². The molecule has 1 saturated heterocycles. The molecule has 0 unspecified atom stereocenters. The minimum atomic E-state index is -0.323. The van der Waals surface area contributed by atoms with E-state index >= 15 is 0 Å². The summed E-state index contributed by atoms with van der Waals surface area (Å²) >= 11 is 0. The number of morpholine rings is 1. The third-order valence-corrected chi connectivity index (χ3v) is 7.61. The van der Waals surface area contributed by atoms with Crippen LogP contribution in [0.4, 0.5) is 10.2 Å². The van der Waals surface area contributed by atoms with Gasteiger partial charge in [0.25, 0.3) is 5.69 Å². The first-order valence-corrected chi connectivity index (χ1v) is 13.3. The Morgan fingerprint density at radius 2 is 1.63 bits per heavy atom. The molecule has 0 atom stereocenters. The lowest BCUT2D eigenvalue weighted by molar-refractivity contribution is -0.797. The van der Waals surface area contributed by atoms with Crippen LogP contribution in [0.1, 0.15) is 37.7 Å². The first-order valence-electron chi connectivity index (χ1n) is 13.3. The first kappa shape index (κ1) is 25.0. The Bertz CT molecular complexity index is 1840. The topological polar surface area (TPSA) is 90.4 Å². The number of halogens is 1. The minimum absolute atomic E-state index is 0.0621. The van der Waals surface area contributed by atoms with Crippen molar-refractivity contribution in [3.8, 4) is 11.1 Å². The number of nitrogens with zero attached hydrogens (tertiary/aromatic N) is 5. The van der Waals surface area contributed by atoms with Crippen LogP contribution in [-0.4, -0.2) is 60.0 Å². The summed E-state index contributed by atoms with van der Waals surface area (Å²) in [6.45, 7) is 2.97. The lowest BCUT2D eigenvalue weighted by Crippen LogP contribution is -2.51. The van der Waals surface area contributed by atoms with Gasteiger partial charge in [0.15, 0.2) is 0 Å². The molecule has 0 bridgehead atoms. The summed E-state index contributed by atoms with van der Waals surface area (Å²) in [5.74, 6) is -0.132. The molecule has 9 nitrogen and oxygen atoms in total. The Labute approximate surface area is 234 Å². The monoisotopic (exact) mass is 550 g/mol. The van der Waals surface area contributed by atoms with Gasteiger partial charge in [0.1, 0.15) is 30.2 Å². The van der Waals surface area contributed by atoms with Crippen LogP contribution >= 0.6 is 0 Å². The molecular formula is C31H25FN5O4+. The molecule has 204 valence electrons. The number of rotatable bonds is 5. The number of carbonyl (C=O) groups is 2. The predicted molar refractivity (Wildman–Crippen MR) is 148 cm³/mol. The van der Waals surface area contributed by atoms with E-state index in [1.165, 1.54) is 18.1 Å². The van der Waals surface area contributed by atoms with Gasteiger partial charge in [0, 0.05) is 35.2 Å². The number of hydrogen-bond acceptors (Lipinski definition) is 7. The van der Waals surface area contributed by atoms with Crippen LogP contribution in [0, 0.1) is 5.82 Å². The Hall–Kier alpha value is -4.96. The molecule has 0 amide bonds. The van der Waals surface area contributed by atoms with E-state index in [0.29, 0.717) is 35.2 Å². The van der Waals surface area contributed by atoms with E-state index in [9.17, 15) is 14.0 Å². The Kier molecular flexibility index (Phi) is 6.05. The molecule has 3 aromatic carbocycles. The molecular weight excluding hydrogens is 525 g/mol. The van der Waals surface area contributed by atoms with Crippen LogP contribution in [0.5, 0.6) is 0 Å². The molecule has 0 spiro atoms. The van der Waals surface area contributed by atoms with Crippen LogP contribution < -0.4 is 14.4 Å². The van der Waals surface area contributed by atoms with Gasteiger partial charge in [0.05, 0.1) is 23.8 Å². The molecule has 1 fully saturated rings. The predicted octanol–water partition coefficient (Wildman–Crippen LogP) is 3.24. The minimum Gasteiger partial charge on any atom is -0.378 e. The zero-order valence-electron chi connectivity index (χ0n) is 22.2. The molecule has 2 aromatic heterocycles. The Morgan fingerprint density at radius 3 is 2.37 bits per heavy atom. The molecule has 41 heavy (non-hydrogen) atoms. The lowest BCUT2D eigenvalue weighted by atomic mass is 9.90. The third kappa shape index (κ3) is 4.15. The molecule has 1 aliphatic heterocycles. The number of fused-ring (bicyclic) bond motifs is 3. The number of ether oxygens (including phenoxy) is 1. The molecule has 2 aliphatic rings. The van der Waals surface area contributed by atoms with Gasteiger partial charge < -0.3 is 14.5 Å². The molecule has 10 heteroatoms. The van der Waals surface area contributed by atoms with Gasteiger partial charge in [0.2, 0.25) is 11.6 Å². The third-order valence-electron chi connectivity index (χ3n) is 7.61. The molecule has 7 rings (SSSR count). The zero-order valence-corrected chi connectivity index (χ0v) is 22.2. The van der Waals surface area contributed by atoms with Crippen molar-refractivity contribution in [1.29, 1.82) is 0 Å². The van der Waals surface area contributed by atoms with E-state index in [1.807, 2.05) is 30.3 Å². The molecule has 0 saturated carbocycles. The number of ketones is 2. The highest BCUT2D eigenvalue weighted by Crippen LogP contribution is 2.31. The maximum atomic E-state index is 14.7. The molecule has 1 aliphatic carbocycles. The average molecular weight is 551 g/mol. The van der Waals surface area contributed by atoms with Crippen molar-refractivity contribution in [3.63, 3.8) is 0 Å². The molecule has 3 heterocycles. The number of benzene rings is 3. The lowest BCUT2D eigenvalue weighted by Gasteiger charge is -2.28. The van der Waals surface area contributed by atoms with Crippen molar-refractivity contribution >= 4 is 28.3 Å². The molecule has 5 aromatic rings. The van der Waals surface area contributed by atoms with E-state index in [2.05, 4.69) is 10.00 Å². The normalized spacial score (nSPS) is 14.7. The van der Waals surface area contributed by atoms with Crippen molar-refractivity contribution in [2.75, 3.05) is 38.3 Å². The highest BCUT2D eigenvalue weighted by Gasteiger charge is 2.43. The Balaban J connectivity index is 1.24. The summed E-state index contributed by atoms with van der Waals surface area (Å²) in [6.07, 6.45) is 0. The van der Waals surface area contributed by atoms with Gasteiger partial charge in [-0.05, 0) is 35.4 Å². The molecule has 0 radical (unpaired) electrons. The van der Waals surface area contributed by atoms with Gasteiger partial charge >= 0.3 is 5.69 Å². The largest absolute Gasteiger partial charge is 0.378 e. The maximum absolute atomic E-state index is 14.7. The number of anilines is 1. The van der Waals surface area contributed by atoms with E-state index in [1.54, 1.807) is 41.1 Å². The van der Waals surface area contributed by atoms with Crippen LogP contribution in [0.15, 0.2) is 72.8 Å². The summed E-state index contributed by atoms with van der Waals surface area (Å²) in [7, 11) is 1.43. The van der Waals surface area contributed by atoms with Crippen molar-refractivity contribution in [3.05, 3.63) is 107 Å². The number of hydrogen-bond donors (Lipinski definition) is 0. The molecule has 0 N–H and O–H groups in total. The standard InChI is InChI=1S/C31H25FN5O4/c1-40-37-34-28-29(31(39)23-5-3-2-4-22(23)30(28)38)36(37)18-19-6-8-20(9-7-19)21-10-12-25(32)24-11-13-26(33-27(21)24)35-14-16-41-17-15-35/h2-13H,14-18H2,1H3/q+1. The number of pyridine rings is 1. The van der Waals surface area contributed by atoms with Crippen LogP contribution in [0.2, 0.25) is 0 Å². The number of aromatic nitrogens is 4. The van der Waals surface area contributed by atoms with Gasteiger partial charge in [-0.3, -0.25) is 9.59 Å². The summed E-state index contributed by atoms with van der Waals surface area (Å²) in [6, 6.07) is 21.3. The van der Waals surface area contributed by atoms with Gasteiger partial charge in [-0.2, -0.15) is 0 Å². The van der Waals surface area contributed by atoms with Crippen molar-refractivity contribution in [2.45, 2.75) is 6.54 Å². The van der Waals surface area contributed by atoms with Crippen molar-refractivity contribution in [1.82, 2.24) is 15.0 Å². The zero-order chi connectivity index (χ0) is 28.1. The van der Waals surface area contributed by atoms with Crippen molar-refractivity contribution < 1.29 is 28.2 Å². The summed E-state index contributed by atoms with van der Waals surface area (Å²) in [5.41, 5.74) is 4.05. The summed E-state index contributed by atoms with van der Waals surface area (Å²) in [4.78, 5) is 40.1. The first-order chi connectivity index (χ1) is 20.0. The second-order valence-electron chi connectivity index (χ2n) is 9.95. The highest BCUT2D eigenvalue weighted by molar-refractivity contribution is 6.26. The SMILES string of the molecule is COn1nc2c([n+]1Cc1ccc(-c3ccc(F)c4ccc(N5CCOCC5)nc34)cc1)C(=O)c1ccccc1C2=O. The van der Waals surface area contributed by atoms with Crippen LogP contribution in [-0.2, 0) is 11.3 Å².